The zero-order valence-electron chi connectivity index (χ0n) is 10.7. The molecule has 0 heterocycles. The van der Waals surface area contributed by atoms with E-state index in [0.29, 0.717) is 0 Å². The second kappa shape index (κ2) is 5.38. The fourth-order valence-electron chi connectivity index (χ4n) is 1.11. The summed E-state index contributed by atoms with van der Waals surface area (Å²) in [6.45, 7) is 5.01. The number of alkyl halides is 3. The molecule has 1 rings (SSSR count). The van der Waals surface area contributed by atoms with Gasteiger partial charge in [-0.1, -0.05) is 0 Å². The highest BCUT2D eigenvalue weighted by Crippen LogP contribution is 2.30. The molecule has 0 radical (unpaired) electrons. The third kappa shape index (κ3) is 5.50. The summed E-state index contributed by atoms with van der Waals surface area (Å²) in [5.74, 6) is 0.0684. The number of benzene rings is 1. The topological polar surface area (TPSA) is 47.6 Å². The highest BCUT2D eigenvalue weighted by molar-refractivity contribution is 5.66. The second-order valence-corrected chi connectivity index (χ2v) is 4.73. The van der Waals surface area contributed by atoms with Gasteiger partial charge in [-0.15, -0.1) is 0 Å². The summed E-state index contributed by atoms with van der Waals surface area (Å²) in [7, 11) is 0. The van der Waals surface area contributed by atoms with Crippen LogP contribution >= 0.6 is 0 Å². The molecule has 0 saturated carbocycles. The lowest BCUT2D eigenvalue weighted by Gasteiger charge is -2.19. The summed E-state index contributed by atoms with van der Waals surface area (Å²) in [6, 6.07) is 3.90. The van der Waals surface area contributed by atoms with Gasteiger partial charge in [0.15, 0.2) is 5.75 Å². The summed E-state index contributed by atoms with van der Waals surface area (Å²) in [5, 5.41) is 0. The molecule has 0 unspecified atom stereocenters. The van der Waals surface area contributed by atoms with Gasteiger partial charge in [0.05, 0.1) is 5.56 Å². The van der Waals surface area contributed by atoms with Crippen molar-refractivity contribution in [3.05, 3.63) is 29.8 Å². The van der Waals surface area contributed by atoms with Crippen LogP contribution in [-0.4, -0.2) is 11.7 Å². The van der Waals surface area contributed by atoms with Crippen LogP contribution in [0.15, 0.2) is 24.3 Å². The Bertz CT molecular complexity index is 435. The third-order valence-corrected chi connectivity index (χ3v) is 1.83. The van der Waals surface area contributed by atoms with E-state index < -0.39 is 23.4 Å². The fourth-order valence-corrected chi connectivity index (χ4v) is 1.11. The molecule has 0 atom stereocenters. The van der Waals surface area contributed by atoms with Gasteiger partial charge in [-0.2, -0.15) is 18.7 Å². The van der Waals surface area contributed by atoms with Gasteiger partial charge in [-0.05, 0) is 45.0 Å². The minimum Gasteiger partial charge on any atom is -0.442 e. The molecule has 0 fully saturated rings. The van der Waals surface area contributed by atoms with Crippen LogP contribution in [0.3, 0.4) is 0 Å². The monoisotopic (exact) mass is 277 g/mol. The Labute approximate surface area is 108 Å². The maximum atomic E-state index is 12.3. The van der Waals surface area contributed by atoms with Crippen LogP contribution in [0.1, 0.15) is 26.3 Å². The number of rotatable bonds is 2. The zero-order chi connectivity index (χ0) is 14.7. The Kier molecular flexibility index (Phi) is 4.28. The maximum Gasteiger partial charge on any atom is 0.441 e. The summed E-state index contributed by atoms with van der Waals surface area (Å²) in [6.07, 6.45) is -5.23. The van der Waals surface area contributed by atoms with Crippen molar-refractivity contribution in [3.8, 4) is 5.75 Å². The van der Waals surface area contributed by atoms with Gasteiger partial charge >= 0.3 is 12.3 Å². The van der Waals surface area contributed by atoms with E-state index in [-0.39, 0.29) is 5.75 Å². The van der Waals surface area contributed by atoms with Crippen LogP contribution in [-0.2, 0) is 10.9 Å². The third-order valence-electron chi connectivity index (χ3n) is 1.83. The smallest absolute Gasteiger partial charge is 0.441 e. The molecular weight excluding hydrogens is 263 g/mol. The minimum atomic E-state index is -4.41. The fraction of sp³-hybridized carbons (Fsp3) is 0.417. The quantitative estimate of drug-likeness (QED) is 0.841. The largest absolute Gasteiger partial charge is 0.442 e. The molecule has 1 N–H and O–H groups in total. The standard InChI is InChI=1S/C12H14F3NO3/c1-11(2,3)18-10(17)16-19-9-6-4-8(5-7-9)12(13,14)15/h4-7H,1-3H3,(H,16,17). The van der Waals surface area contributed by atoms with Crippen LogP contribution in [0.2, 0.25) is 0 Å². The van der Waals surface area contributed by atoms with E-state index in [2.05, 4.69) is 0 Å². The maximum absolute atomic E-state index is 12.3. The predicted octanol–water partition coefficient (Wildman–Crippen LogP) is 3.52. The minimum absolute atomic E-state index is 0.0684. The van der Waals surface area contributed by atoms with Crippen molar-refractivity contribution in [2.24, 2.45) is 0 Å². The number of carbonyl (C=O) groups is 1. The molecule has 1 aromatic carbocycles. The molecular formula is C12H14F3NO3. The van der Waals surface area contributed by atoms with Gasteiger partial charge in [0.25, 0.3) is 0 Å². The number of hydrogen-bond donors (Lipinski definition) is 1. The van der Waals surface area contributed by atoms with E-state index >= 15 is 0 Å². The van der Waals surface area contributed by atoms with Crippen molar-refractivity contribution in [1.29, 1.82) is 0 Å². The van der Waals surface area contributed by atoms with E-state index in [1.807, 2.05) is 5.48 Å². The number of ether oxygens (including phenoxy) is 1. The van der Waals surface area contributed by atoms with E-state index in [9.17, 15) is 18.0 Å². The van der Waals surface area contributed by atoms with Gasteiger partial charge in [0, 0.05) is 0 Å². The number of carbonyl (C=O) groups excluding carboxylic acids is 1. The van der Waals surface area contributed by atoms with Crippen LogP contribution in [0, 0.1) is 0 Å². The van der Waals surface area contributed by atoms with Gasteiger partial charge < -0.3 is 9.57 Å². The van der Waals surface area contributed by atoms with Crippen LogP contribution < -0.4 is 10.3 Å². The molecule has 0 aromatic heterocycles. The Balaban J connectivity index is 2.53. The molecule has 106 valence electrons. The Morgan fingerprint density at radius 2 is 1.63 bits per heavy atom. The second-order valence-electron chi connectivity index (χ2n) is 4.73. The number of hydrogen-bond acceptors (Lipinski definition) is 3. The number of halogens is 3. The molecule has 0 aliphatic heterocycles. The van der Waals surface area contributed by atoms with Crippen molar-refractivity contribution in [3.63, 3.8) is 0 Å². The number of amides is 1. The first-order chi connectivity index (χ1) is 8.58. The zero-order valence-corrected chi connectivity index (χ0v) is 10.7. The average molecular weight is 277 g/mol. The number of hydroxylamine groups is 1. The lowest BCUT2D eigenvalue weighted by atomic mass is 10.2. The highest BCUT2D eigenvalue weighted by Gasteiger charge is 2.30. The van der Waals surface area contributed by atoms with Crippen molar-refractivity contribution in [2.75, 3.05) is 0 Å². The van der Waals surface area contributed by atoms with Crippen LogP contribution in [0.4, 0.5) is 18.0 Å². The Morgan fingerprint density at radius 1 is 1.11 bits per heavy atom. The van der Waals surface area contributed by atoms with Gasteiger partial charge in [0.1, 0.15) is 5.60 Å². The SMILES string of the molecule is CC(C)(C)OC(=O)NOc1ccc(C(F)(F)F)cc1. The summed E-state index contributed by atoms with van der Waals surface area (Å²) in [5.41, 5.74) is 0.490. The van der Waals surface area contributed by atoms with Crippen molar-refractivity contribution < 1.29 is 27.5 Å². The predicted molar refractivity (Wildman–Crippen MR) is 61.4 cm³/mol. The van der Waals surface area contributed by atoms with E-state index in [1.54, 1.807) is 20.8 Å². The van der Waals surface area contributed by atoms with E-state index in [4.69, 9.17) is 9.57 Å². The average Bonchev–Trinajstić information content (AvgIpc) is 2.23. The summed E-state index contributed by atoms with van der Waals surface area (Å²) in [4.78, 5) is 16.0. The molecule has 0 aliphatic rings. The Morgan fingerprint density at radius 3 is 2.05 bits per heavy atom. The van der Waals surface area contributed by atoms with Gasteiger partial charge in [-0.3, -0.25) is 0 Å². The first kappa shape index (κ1) is 15.1. The molecule has 7 heteroatoms. The van der Waals surface area contributed by atoms with Crippen molar-refractivity contribution in [1.82, 2.24) is 5.48 Å². The summed E-state index contributed by atoms with van der Waals surface area (Å²) < 4.78 is 41.7. The Hall–Kier alpha value is -1.92. The number of nitrogens with one attached hydrogen (secondary N) is 1. The normalized spacial score (nSPS) is 11.9. The lowest BCUT2D eigenvalue weighted by Crippen LogP contribution is -2.34. The first-order valence-corrected chi connectivity index (χ1v) is 5.41. The van der Waals surface area contributed by atoms with Crippen LogP contribution in [0.5, 0.6) is 5.75 Å². The molecule has 0 saturated heterocycles. The molecule has 0 spiro atoms. The first-order valence-electron chi connectivity index (χ1n) is 5.41. The van der Waals surface area contributed by atoms with E-state index in [0.717, 1.165) is 24.3 Å². The molecule has 0 bridgehead atoms. The lowest BCUT2D eigenvalue weighted by molar-refractivity contribution is -0.137. The van der Waals surface area contributed by atoms with Crippen molar-refractivity contribution >= 4 is 6.09 Å². The van der Waals surface area contributed by atoms with E-state index in [1.165, 1.54) is 0 Å². The highest BCUT2D eigenvalue weighted by atomic mass is 19.4. The summed E-state index contributed by atoms with van der Waals surface area (Å²) >= 11 is 0. The van der Waals surface area contributed by atoms with Gasteiger partial charge in [0.2, 0.25) is 0 Å². The molecule has 1 aromatic rings. The molecule has 4 nitrogen and oxygen atoms in total. The molecule has 0 aliphatic carbocycles. The molecule has 1 amide bonds. The van der Waals surface area contributed by atoms with Crippen molar-refractivity contribution in [2.45, 2.75) is 32.5 Å². The van der Waals surface area contributed by atoms with Gasteiger partial charge in [-0.25, -0.2) is 4.79 Å². The molecule has 19 heavy (non-hydrogen) atoms. The van der Waals surface area contributed by atoms with Crippen LogP contribution in [0.25, 0.3) is 0 Å².